The fourth-order valence-electron chi connectivity index (χ4n) is 4.25. The predicted octanol–water partition coefficient (Wildman–Crippen LogP) is 6.09. The van der Waals surface area contributed by atoms with Gasteiger partial charge in [0.05, 0.1) is 29.8 Å². The number of nitrogens with zero attached hydrogens (tertiary/aromatic N) is 1. The molecule has 1 amide bonds. The molecule has 0 saturated carbocycles. The van der Waals surface area contributed by atoms with Crippen LogP contribution >= 0.6 is 23.5 Å². The number of fused-ring (bicyclic) bond motifs is 1. The van der Waals surface area contributed by atoms with E-state index in [0.29, 0.717) is 44.7 Å². The summed E-state index contributed by atoms with van der Waals surface area (Å²) in [5.41, 5.74) is 3.80. The van der Waals surface area contributed by atoms with Crippen LogP contribution in [-0.4, -0.2) is 30.2 Å². The van der Waals surface area contributed by atoms with Crippen molar-refractivity contribution in [1.29, 1.82) is 0 Å². The van der Waals surface area contributed by atoms with Crippen molar-refractivity contribution in [2.45, 2.75) is 26.8 Å². The quantitative estimate of drug-likeness (QED) is 0.161. The lowest BCUT2D eigenvalue weighted by molar-refractivity contribution is 0.0600. The van der Waals surface area contributed by atoms with Gasteiger partial charge in [-0.1, -0.05) is 41.7 Å². The number of pyridine rings is 1. The predicted molar refractivity (Wildman–Crippen MR) is 151 cm³/mol. The largest absolute Gasteiger partial charge is 0.465 e. The van der Waals surface area contributed by atoms with Gasteiger partial charge in [-0.05, 0) is 56.7 Å². The van der Waals surface area contributed by atoms with Crippen molar-refractivity contribution in [3.05, 3.63) is 91.9 Å². The number of benzene rings is 2. The molecule has 0 aliphatic heterocycles. The highest BCUT2D eigenvalue weighted by Crippen LogP contribution is 2.33. The van der Waals surface area contributed by atoms with Gasteiger partial charge in [0.25, 0.3) is 5.91 Å². The van der Waals surface area contributed by atoms with Crippen molar-refractivity contribution in [3.63, 3.8) is 0 Å². The Hall–Kier alpha value is -3.82. The first-order chi connectivity index (χ1) is 18.1. The number of esters is 1. The monoisotopic (exact) mass is 551 g/mol. The summed E-state index contributed by atoms with van der Waals surface area (Å²) in [5.74, 6) is -0.517. The van der Waals surface area contributed by atoms with Gasteiger partial charge in [-0.2, -0.15) is 0 Å². The number of amides is 1. The average molecular weight is 552 g/mol. The van der Waals surface area contributed by atoms with Crippen LogP contribution in [0.5, 0.6) is 0 Å². The molecule has 38 heavy (non-hydrogen) atoms. The summed E-state index contributed by atoms with van der Waals surface area (Å²) in [5, 5.41) is 3.95. The van der Waals surface area contributed by atoms with Crippen LogP contribution in [0.3, 0.4) is 0 Å². The van der Waals surface area contributed by atoms with E-state index in [9.17, 15) is 14.4 Å². The second-order valence-corrected chi connectivity index (χ2v) is 9.72. The first-order valence-electron chi connectivity index (χ1n) is 11.7. The van der Waals surface area contributed by atoms with Crippen molar-refractivity contribution >= 4 is 52.1 Å². The fraction of sp³-hybridized carbons (Fsp3) is 0.214. The van der Waals surface area contributed by atoms with Gasteiger partial charge in [-0.25, -0.2) is 9.78 Å². The first-order valence-corrected chi connectivity index (χ1v) is 13.3. The van der Waals surface area contributed by atoms with Gasteiger partial charge in [0.2, 0.25) is 0 Å². The smallest absolute Gasteiger partial charge is 0.337 e. The summed E-state index contributed by atoms with van der Waals surface area (Å²) in [4.78, 5) is 42.4. The maximum atomic E-state index is 13.5. The van der Waals surface area contributed by atoms with Crippen LogP contribution in [0.1, 0.15) is 50.5 Å². The van der Waals surface area contributed by atoms with Crippen molar-refractivity contribution in [1.82, 2.24) is 9.71 Å². The van der Waals surface area contributed by atoms with E-state index in [1.807, 2.05) is 19.9 Å². The number of aryl methyl sites for hydroxylation is 1. The Bertz CT molecular complexity index is 1620. The maximum Gasteiger partial charge on any atom is 0.337 e. The summed E-state index contributed by atoms with van der Waals surface area (Å²) in [6.45, 7) is 5.50. The molecule has 1 unspecified atom stereocenters. The average Bonchev–Trinajstić information content (AvgIpc) is 2.91. The number of rotatable bonds is 7. The molecule has 0 aliphatic rings. The van der Waals surface area contributed by atoms with E-state index in [2.05, 4.69) is 15.0 Å². The summed E-state index contributed by atoms with van der Waals surface area (Å²) < 4.78 is 13.9. The van der Waals surface area contributed by atoms with Crippen molar-refractivity contribution in [2.24, 2.45) is 0 Å². The second-order valence-electron chi connectivity index (χ2n) is 8.72. The molecular formula is C28H26ClN3O5S. The van der Waals surface area contributed by atoms with Crippen LogP contribution in [0.4, 0.5) is 5.69 Å². The minimum atomic E-state index is -0.486. The molecule has 196 valence electrons. The molecule has 2 aromatic carbocycles. The van der Waals surface area contributed by atoms with Crippen molar-refractivity contribution in [2.75, 3.05) is 18.7 Å². The number of aromatic nitrogens is 1. The van der Waals surface area contributed by atoms with Gasteiger partial charge < -0.3 is 14.5 Å². The number of carbonyl (C=O) groups is 2. The summed E-state index contributed by atoms with van der Waals surface area (Å²) >= 11 is 7.21. The third-order valence-electron chi connectivity index (χ3n) is 6.05. The molecule has 0 fully saturated rings. The Morgan fingerprint density at radius 1 is 1.13 bits per heavy atom. The molecule has 0 radical (unpaired) electrons. The lowest BCUT2D eigenvalue weighted by Crippen LogP contribution is -2.20. The Balaban J connectivity index is 1.85. The molecule has 0 bridgehead atoms. The van der Waals surface area contributed by atoms with Crippen LogP contribution in [0.25, 0.3) is 22.3 Å². The first kappa shape index (κ1) is 27.2. The zero-order valence-electron chi connectivity index (χ0n) is 21.5. The van der Waals surface area contributed by atoms with E-state index < -0.39 is 11.9 Å². The van der Waals surface area contributed by atoms with E-state index in [-0.39, 0.29) is 22.3 Å². The standard InChI is InChI=1S/C28H26ClN3O5S/c1-14-11-19(16(3)30-21-9-10-22(29)31-23(21)27(34)32-38-5)26-20(12-14)24(33)15(2)25(37-26)17-7-6-8-18(13-17)28(35)36-4/h6-13,16,30H,1-5H3,(H,32,34). The Kier molecular flexibility index (Phi) is 8.08. The van der Waals surface area contributed by atoms with E-state index in [0.717, 1.165) is 17.5 Å². The fourth-order valence-corrected chi connectivity index (χ4v) is 4.68. The SMILES string of the molecule is COC(=O)c1cccc(-c2oc3c(C(C)Nc4ccc(Cl)nc4C(=O)NSC)cc(C)cc3c(=O)c2C)c1. The van der Waals surface area contributed by atoms with Gasteiger partial charge in [-0.3, -0.25) is 14.3 Å². The van der Waals surface area contributed by atoms with Gasteiger partial charge in [0.15, 0.2) is 11.1 Å². The molecule has 2 aromatic heterocycles. The highest BCUT2D eigenvalue weighted by molar-refractivity contribution is 7.97. The Labute approximate surface area is 228 Å². The van der Waals surface area contributed by atoms with E-state index in [1.165, 1.54) is 7.11 Å². The minimum Gasteiger partial charge on any atom is -0.465 e. The number of hydrogen-bond donors (Lipinski definition) is 2. The number of methoxy groups -OCH3 is 1. The van der Waals surface area contributed by atoms with E-state index >= 15 is 0 Å². The molecule has 0 spiro atoms. The molecule has 0 saturated heterocycles. The topological polar surface area (TPSA) is 111 Å². The zero-order valence-corrected chi connectivity index (χ0v) is 23.0. The number of ether oxygens (including phenoxy) is 1. The van der Waals surface area contributed by atoms with Gasteiger partial charge in [0.1, 0.15) is 16.5 Å². The van der Waals surface area contributed by atoms with Crippen molar-refractivity contribution < 1.29 is 18.7 Å². The summed E-state index contributed by atoms with van der Waals surface area (Å²) in [6.07, 6.45) is 1.74. The number of hydrogen-bond acceptors (Lipinski definition) is 8. The molecule has 0 aliphatic carbocycles. The highest BCUT2D eigenvalue weighted by atomic mass is 35.5. The lowest BCUT2D eigenvalue weighted by Gasteiger charge is -2.20. The van der Waals surface area contributed by atoms with Gasteiger partial charge in [0, 0.05) is 22.9 Å². The third kappa shape index (κ3) is 5.39. The van der Waals surface area contributed by atoms with E-state index in [1.54, 1.807) is 55.6 Å². The van der Waals surface area contributed by atoms with E-state index in [4.69, 9.17) is 20.8 Å². The number of anilines is 1. The molecule has 1 atom stereocenters. The molecular weight excluding hydrogens is 526 g/mol. The molecule has 2 N–H and O–H groups in total. The van der Waals surface area contributed by atoms with Crippen LogP contribution < -0.4 is 15.5 Å². The minimum absolute atomic E-state index is 0.147. The van der Waals surface area contributed by atoms with Crippen LogP contribution in [0.2, 0.25) is 5.15 Å². The summed E-state index contributed by atoms with van der Waals surface area (Å²) in [6, 6.07) is 13.4. The molecule has 10 heteroatoms. The number of halogens is 1. The maximum absolute atomic E-state index is 13.5. The third-order valence-corrected chi connectivity index (χ3v) is 6.65. The van der Waals surface area contributed by atoms with Gasteiger partial charge >= 0.3 is 5.97 Å². The lowest BCUT2D eigenvalue weighted by atomic mass is 9.98. The number of nitrogens with one attached hydrogen (secondary N) is 2. The molecule has 2 heterocycles. The molecule has 8 nitrogen and oxygen atoms in total. The molecule has 4 rings (SSSR count). The van der Waals surface area contributed by atoms with Crippen LogP contribution in [-0.2, 0) is 4.74 Å². The van der Waals surface area contributed by atoms with Crippen molar-refractivity contribution in [3.8, 4) is 11.3 Å². The number of carbonyl (C=O) groups excluding carboxylic acids is 2. The summed E-state index contributed by atoms with van der Waals surface area (Å²) in [7, 11) is 1.31. The van der Waals surface area contributed by atoms with Crippen LogP contribution in [0.15, 0.2) is 57.7 Å². The highest BCUT2D eigenvalue weighted by Gasteiger charge is 2.22. The molecule has 4 aromatic rings. The van der Waals surface area contributed by atoms with Crippen LogP contribution in [0, 0.1) is 13.8 Å². The Morgan fingerprint density at radius 3 is 2.61 bits per heavy atom. The Morgan fingerprint density at radius 2 is 1.89 bits per heavy atom. The second kappa shape index (κ2) is 11.3. The zero-order chi connectivity index (χ0) is 27.6. The normalized spacial score (nSPS) is 11.7. The van der Waals surface area contributed by atoms with Gasteiger partial charge in [-0.15, -0.1) is 0 Å².